The molecule has 0 bridgehead atoms. The SMILES string of the molecule is CCC1CN(CCCC(F)(F)F)C(CC)CN1. The number of hydrogen-bond acceptors (Lipinski definition) is 2. The van der Waals surface area contributed by atoms with Gasteiger partial charge >= 0.3 is 6.18 Å². The molecule has 2 atom stereocenters. The minimum atomic E-state index is -4.01. The summed E-state index contributed by atoms with van der Waals surface area (Å²) >= 11 is 0. The molecule has 1 saturated heterocycles. The molecular weight excluding hydrogens is 229 g/mol. The van der Waals surface area contributed by atoms with Crippen LogP contribution in [0.4, 0.5) is 13.2 Å². The van der Waals surface area contributed by atoms with Gasteiger partial charge in [-0.15, -0.1) is 0 Å². The highest BCUT2D eigenvalue weighted by atomic mass is 19.4. The van der Waals surface area contributed by atoms with Crippen LogP contribution in [0.1, 0.15) is 39.5 Å². The summed E-state index contributed by atoms with van der Waals surface area (Å²) in [7, 11) is 0. The van der Waals surface area contributed by atoms with E-state index in [1.807, 2.05) is 0 Å². The van der Waals surface area contributed by atoms with Gasteiger partial charge in [0.25, 0.3) is 0 Å². The molecule has 0 aromatic carbocycles. The van der Waals surface area contributed by atoms with E-state index in [9.17, 15) is 13.2 Å². The summed E-state index contributed by atoms with van der Waals surface area (Å²) < 4.78 is 36.3. The van der Waals surface area contributed by atoms with E-state index in [2.05, 4.69) is 24.1 Å². The van der Waals surface area contributed by atoms with Crippen molar-refractivity contribution in [2.45, 2.75) is 57.8 Å². The molecular formula is C12H23F3N2. The highest BCUT2D eigenvalue weighted by molar-refractivity contribution is 4.84. The van der Waals surface area contributed by atoms with Gasteiger partial charge in [0.15, 0.2) is 0 Å². The van der Waals surface area contributed by atoms with Crippen LogP contribution in [0.2, 0.25) is 0 Å². The number of nitrogens with zero attached hydrogens (tertiary/aromatic N) is 1. The molecule has 0 spiro atoms. The Kier molecular flexibility index (Phi) is 5.73. The predicted molar refractivity (Wildman–Crippen MR) is 63.0 cm³/mol. The molecule has 0 aliphatic carbocycles. The van der Waals surface area contributed by atoms with E-state index in [0.717, 1.165) is 25.9 Å². The first-order valence-corrected chi connectivity index (χ1v) is 6.50. The van der Waals surface area contributed by atoms with Gasteiger partial charge in [-0.3, -0.25) is 4.90 Å². The van der Waals surface area contributed by atoms with Crippen LogP contribution >= 0.6 is 0 Å². The van der Waals surface area contributed by atoms with Crippen molar-refractivity contribution in [2.24, 2.45) is 0 Å². The second-order valence-electron chi connectivity index (χ2n) is 4.79. The third kappa shape index (κ3) is 5.25. The van der Waals surface area contributed by atoms with Crippen molar-refractivity contribution in [3.8, 4) is 0 Å². The van der Waals surface area contributed by atoms with Gasteiger partial charge in [-0.05, 0) is 25.8 Å². The first-order chi connectivity index (χ1) is 7.96. The van der Waals surface area contributed by atoms with E-state index in [1.165, 1.54) is 0 Å². The third-order valence-corrected chi connectivity index (χ3v) is 3.48. The minimum absolute atomic E-state index is 0.219. The zero-order valence-electron chi connectivity index (χ0n) is 10.7. The van der Waals surface area contributed by atoms with E-state index in [0.29, 0.717) is 18.6 Å². The molecule has 1 rings (SSSR count). The van der Waals surface area contributed by atoms with Crippen LogP contribution in [0.5, 0.6) is 0 Å². The van der Waals surface area contributed by atoms with E-state index < -0.39 is 12.6 Å². The Balaban J connectivity index is 2.36. The van der Waals surface area contributed by atoms with Crippen LogP contribution in [-0.2, 0) is 0 Å². The van der Waals surface area contributed by atoms with Crippen LogP contribution in [0.15, 0.2) is 0 Å². The first-order valence-electron chi connectivity index (χ1n) is 6.50. The van der Waals surface area contributed by atoms with Gasteiger partial charge in [-0.1, -0.05) is 13.8 Å². The van der Waals surface area contributed by atoms with Crippen molar-refractivity contribution in [2.75, 3.05) is 19.6 Å². The van der Waals surface area contributed by atoms with Gasteiger partial charge in [0, 0.05) is 31.6 Å². The molecule has 0 radical (unpaired) electrons. The molecule has 0 amide bonds. The van der Waals surface area contributed by atoms with E-state index in [-0.39, 0.29) is 6.42 Å². The van der Waals surface area contributed by atoms with Crippen molar-refractivity contribution in [1.29, 1.82) is 0 Å². The average molecular weight is 252 g/mol. The molecule has 17 heavy (non-hydrogen) atoms. The molecule has 0 saturated carbocycles. The van der Waals surface area contributed by atoms with Crippen LogP contribution in [0.25, 0.3) is 0 Å². The molecule has 1 N–H and O–H groups in total. The number of rotatable bonds is 5. The monoisotopic (exact) mass is 252 g/mol. The number of hydrogen-bond donors (Lipinski definition) is 1. The number of nitrogens with one attached hydrogen (secondary N) is 1. The van der Waals surface area contributed by atoms with Gasteiger partial charge in [0.05, 0.1) is 0 Å². The lowest BCUT2D eigenvalue weighted by Crippen LogP contribution is -2.56. The van der Waals surface area contributed by atoms with Crippen molar-refractivity contribution in [1.82, 2.24) is 10.2 Å². The van der Waals surface area contributed by atoms with Crippen LogP contribution in [0.3, 0.4) is 0 Å². The van der Waals surface area contributed by atoms with Crippen molar-refractivity contribution in [3.05, 3.63) is 0 Å². The fourth-order valence-electron chi connectivity index (χ4n) is 2.36. The zero-order valence-corrected chi connectivity index (χ0v) is 10.7. The second-order valence-corrected chi connectivity index (χ2v) is 4.79. The van der Waals surface area contributed by atoms with Crippen molar-refractivity contribution < 1.29 is 13.2 Å². The largest absolute Gasteiger partial charge is 0.389 e. The van der Waals surface area contributed by atoms with E-state index in [4.69, 9.17) is 0 Å². The fourth-order valence-corrected chi connectivity index (χ4v) is 2.36. The Morgan fingerprint density at radius 2 is 1.94 bits per heavy atom. The summed E-state index contributed by atoms with van der Waals surface area (Å²) in [6.45, 7) is 6.55. The molecule has 1 heterocycles. The Hall–Kier alpha value is -0.290. The molecule has 1 aliphatic rings. The summed E-state index contributed by atoms with van der Waals surface area (Å²) in [6.07, 6.45) is -2.43. The number of halogens is 3. The van der Waals surface area contributed by atoms with Crippen molar-refractivity contribution >= 4 is 0 Å². The smallest absolute Gasteiger partial charge is 0.311 e. The fraction of sp³-hybridized carbons (Fsp3) is 1.00. The molecule has 2 unspecified atom stereocenters. The quantitative estimate of drug-likeness (QED) is 0.809. The standard InChI is InChI=1S/C12H23F3N2/c1-3-10-9-17(11(4-2)8-16-10)7-5-6-12(13,14)15/h10-11,16H,3-9H2,1-2H3. The average Bonchev–Trinajstić information content (AvgIpc) is 2.27. The maximum Gasteiger partial charge on any atom is 0.389 e. The van der Waals surface area contributed by atoms with Gasteiger partial charge in [-0.2, -0.15) is 13.2 Å². The van der Waals surface area contributed by atoms with Crippen LogP contribution in [-0.4, -0.2) is 42.8 Å². The first kappa shape index (κ1) is 14.8. The summed E-state index contributed by atoms with van der Waals surface area (Å²) in [5.74, 6) is 0. The maximum atomic E-state index is 12.1. The lowest BCUT2D eigenvalue weighted by Gasteiger charge is -2.40. The normalized spacial score (nSPS) is 27.4. The second kappa shape index (κ2) is 6.59. The Bertz CT molecular complexity index is 218. The van der Waals surface area contributed by atoms with Gasteiger partial charge < -0.3 is 5.32 Å². The predicted octanol–water partition coefficient (Wildman–Crippen LogP) is 2.79. The molecule has 1 aliphatic heterocycles. The third-order valence-electron chi connectivity index (χ3n) is 3.48. The zero-order chi connectivity index (χ0) is 12.9. The molecule has 102 valence electrons. The van der Waals surface area contributed by atoms with E-state index in [1.54, 1.807) is 0 Å². The van der Waals surface area contributed by atoms with Gasteiger partial charge in [-0.25, -0.2) is 0 Å². The summed E-state index contributed by atoms with van der Waals surface area (Å²) in [5, 5.41) is 3.44. The highest BCUT2D eigenvalue weighted by Crippen LogP contribution is 2.22. The molecule has 0 aromatic heterocycles. The topological polar surface area (TPSA) is 15.3 Å². The van der Waals surface area contributed by atoms with Crippen LogP contribution < -0.4 is 5.32 Å². The maximum absolute atomic E-state index is 12.1. The van der Waals surface area contributed by atoms with Crippen molar-refractivity contribution in [3.63, 3.8) is 0 Å². The van der Waals surface area contributed by atoms with Gasteiger partial charge in [0.1, 0.15) is 0 Å². The molecule has 1 fully saturated rings. The van der Waals surface area contributed by atoms with Crippen LogP contribution in [0, 0.1) is 0 Å². The number of alkyl halides is 3. The summed E-state index contributed by atoms with van der Waals surface area (Å²) in [4.78, 5) is 2.22. The molecule has 2 nitrogen and oxygen atoms in total. The highest BCUT2D eigenvalue weighted by Gasteiger charge is 2.29. The summed E-state index contributed by atoms with van der Waals surface area (Å²) in [6, 6.07) is 0.828. The Labute approximate surface area is 102 Å². The Morgan fingerprint density at radius 1 is 1.24 bits per heavy atom. The Morgan fingerprint density at radius 3 is 2.47 bits per heavy atom. The lowest BCUT2D eigenvalue weighted by molar-refractivity contribution is -0.136. The molecule has 0 aromatic rings. The number of piperazine rings is 1. The summed E-state index contributed by atoms with van der Waals surface area (Å²) in [5.41, 5.74) is 0. The molecule has 5 heteroatoms. The minimum Gasteiger partial charge on any atom is -0.311 e. The lowest BCUT2D eigenvalue weighted by atomic mass is 10.0. The van der Waals surface area contributed by atoms with Gasteiger partial charge in [0.2, 0.25) is 0 Å². The van der Waals surface area contributed by atoms with E-state index >= 15 is 0 Å².